The van der Waals surface area contributed by atoms with Crippen molar-refractivity contribution in [3.63, 3.8) is 0 Å². The van der Waals surface area contributed by atoms with Crippen LogP contribution in [0, 0.1) is 12.8 Å². The minimum absolute atomic E-state index is 0.706. The topological polar surface area (TPSA) is 67.6 Å². The Balaban J connectivity index is 2.06. The van der Waals surface area contributed by atoms with Gasteiger partial charge in [0, 0.05) is 12.6 Å². The summed E-state index contributed by atoms with van der Waals surface area (Å²) in [4.78, 5) is 12.2. The van der Waals surface area contributed by atoms with Gasteiger partial charge in [-0.15, -0.1) is 0 Å². The maximum absolute atomic E-state index is 5.62. The molecule has 0 saturated heterocycles. The van der Waals surface area contributed by atoms with E-state index in [4.69, 9.17) is 5.73 Å². The maximum atomic E-state index is 5.62. The average molecular weight is 246 g/mol. The molecule has 2 aromatic heterocycles. The van der Waals surface area contributed by atoms with E-state index in [1.54, 1.807) is 0 Å². The van der Waals surface area contributed by atoms with E-state index >= 15 is 0 Å². The quantitative estimate of drug-likeness (QED) is 0.823. The lowest BCUT2D eigenvalue weighted by atomic mass is 9.96. The van der Waals surface area contributed by atoms with Gasteiger partial charge in [-0.2, -0.15) is 0 Å². The van der Waals surface area contributed by atoms with Gasteiger partial charge in [0.1, 0.15) is 5.82 Å². The molecule has 0 aromatic carbocycles. The Kier molecular flexibility index (Phi) is 4.31. The number of aryl methyl sites for hydroxylation is 2. The number of nitrogens with two attached hydrogens (primary N) is 1. The predicted octanol–water partition coefficient (Wildman–Crippen LogP) is 2.57. The largest absolute Gasteiger partial charge is 0.340 e. The van der Waals surface area contributed by atoms with Crippen molar-refractivity contribution in [2.75, 3.05) is 6.54 Å². The number of nitrogens with zero attached hydrogens (tertiary/aromatic N) is 2. The van der Waals surface area contributed by atoms with Crippen molar-refractivity contribution < 1.29 is 0 Å². The van der Waals surface area contributed by atoms with E-state index in [2.05, 4.69) is 28.8 Å². The molecular formula is C14H22N4. The summed E-state index contributed by atoms with van der Waals surface area (Å²) in [7, 11) is 0. The second-order valence-corrected chi connectivity index (χ2v) is 4.90. The molecule has 1 unspecified atom stereocenters. The molecule has 4 heteroatoms. The standard InChI is InChI=1S/C14H22N4/c1-3-11(6-8-15)4-5-12-17-13-10(2)7-9-16-14(13)18-12/h7,9,11H,3-6,8,15H2,1-2H3,(H,16,17,18). The van der Waals surface area contributed by atoms with Gasteiger partial charge in [-0.1, -0.05) is 13.3 Å². The molecule has 4 nitrogen and oxygen atoms in total. The SMILES string of the molecule is CCC(CCN)CCc1nc2nccc(C)c2[nH]1. The monoisotopic (exact) mass is 246 g/mol. The number of H-pyrrole nitrogens is 1. The predicted molar refractivity (Wildman–Crippen MR) is 74.4 cm³/mol. The lowest BCUT2D eigenvalue weighted by Gasteiger charge is -2.11. The van der Waals surface area contributed by atoms with Crippen LogP contribution in [-0.4, -0.2) is 21.5 Å². The Bertz CT molecular complexity index is 503. The van der Waals surface area contributed by atoms with Gasteiger partial charge < -0.3 is 10.7 Å². The summed E-state index contributed by atoms with van der Waals surface area (Å²) >= 11 is 0. The highest BCUT2D eigenvalue weighted by Gasteiger charge is 2.09. The van der Waals surface area contributed by atoms with Gasteiger partial charge in [0.05, 0.1) is 5.52 Å². The number of aromatic nitrogens is 3. The number of hydrogen-bond acceptors (Lipinski definition) is 3. The zero-order valence-electron chi connectivity index (χ0n) is 11.2. The van der Waals surface area contributed by atoms with Crippen molar-refractivity contribution in [3.8, 4) is 0 Å². The van der Waals surface area contributed by atoms with Crippen LogP contribution in [0.5, 0.6) is 0 Å². The van der Waals surface area contributed by atoms with Gasteiger partial charge in [0.2, 0.25) is 0 Å². The molecule has 0 aliphatic heterocycles. The summed E-state index contributed by atoms with van der Waals surface area (Å²) in [6, 6.07) is 2.01. The highest BCUT2D eigenvalue weighted by molar-refractivity contribution is 5.74. The van der Waals surface area contributed by atoms with E-state index < -0.39 is 0 Å². The van der Waals surface area contributed by atoms with Crippen LogP contribution in [0.2, 0.25) is 0 Å². The molecule has 2 heterocycles. The molecule has 3 N–H and O–H groups in total. The fraction of sp³-hybridized carbons (Fsp3) is 0.571. The smallest absolute Gasteiger partial charge is 0.177 e. The Morgan fingerprint density at radius 1 is 1.39 bits per heavy atom. The number of imidazole rings is 1. The molecule has 0 fully saturated rings. The molecular weight excluding hydrogens is 224 g/mol. The van der Waals surface area contributed by atoms with Crippen LogP contribution in [-0.2, 0) is 6.42 Å². The van der Waals surface area contributed by atoms with Crippen LogP contribution in [0.1, 0.15) is 37.6 Å². The fourth-order valence-corrected chi connectivity index (χ4v) is 2.33. The number of hydrogen-bond donors (Lipinski definition) is 2. The molecule has 0 radical (unpaired) electrons. The van der Waals surface area contributed by atoms with Crippen molar-refractivity contribution in [2.24, 2.45) is 11.7 Å². The third-order valence-electron chi connectivity index (χ3n) is 3.59. The molecule has 0 aliphatic rings. The minimum Gasteiger partial charge on any atom is -0.340 e. The van der Waals surface area contributed by atoms with Crippen LogP contribution in [0.3, 0.4) is 0 Å². The lowest BCUT2D eigenvalue weighted by Crippen LogP contribution is -2.09. The molecule has 0 aliphatic carbocycles. The summed E-state index contributed by atoms with van der Waals surface area (Å²) in [5.74, 6) is 1.75. The number of pyridine rings is 1. The minimum atomic E-state index is 0.706. The highest BCUT2D eigenvalue weighted by atomic mass is 15.0. The van der Waals surface area contributed by atoms with Gasteiger partial charge in [-0.3, -0.25) is 0 Å². The van der Waals surface area contributed by atoms with Crippen molar-refractivity contribution >= 4 is 11.2 Å². The molecule has 0 amide bonds. The third-order valence-corrected chi connectivity index (χ3v) is 3.59. The van der Waals surface area contributed by atoms with Crippen LogP contribution in [0.15, 0.2) is 12.3 Å². The zero-order chi connectivity index (χ0) is 13.0. The first kappa shape index (κ1) is 13.0. The summed E-state index contributed by atoms with van der Waals surface area (Å²) in [5.41, 5.74) is 8.72. The van der Waals surface area contributed by atoms with Gasteiger partial charge in [0.25, 0.3) is 0 Å². The van der Waals surface area contributed by atoms with Crippen molar-refractivity contribution in [1.82, 2.24) is 15.0 Å². The molecule has 98 valence electrons. The van der Waals surface area contributed by atoms with Crippen LogP contribution in [0.4, 0.5) is 0 Å². The first-order chi connectivity index (χ1) is 8.74. The lowest BCUT2D eigenvalue weighted by molar-refractivity contribution is 0.440. The Labute approximate surface area is 108 Å². The first-order valence-electron chi connectivity index (χ1n) is 6.74. The average Bonchev–Trinajstić information content (AvgIpc) is 2.79. The fourth-order valence-electron chi connectivity index (χ4n) is 2.33. The van der Waals surface area contributed by atoms with E-state index in [9.17, 15) is 0 Å². The van der Waals surface area contributed by atoms with E-state index in [0.717, 1.165) is 42.8 Å². The Hall–Kier alpha value is -1.42. The number of nitrogens with one attached hydrogen (secondary N) is 1. The van der Waals surface area contributed by atoms with Gasteiger partial charge in [-0.25, -0.2) is 9.97 Å². The zero-order valence-corrected chi connectivity index (χ0v) is 11.2. The van der Waals surface area contributed by atoms with Gasteiger partial charge in [-0.05, 0) is 43.9 Å². The second-order valence-electron chi connectivity index (χ2n) is 4.90. The molecule has 0 saturated carbocycles. The second kappa shape index (κ2) is 5.96. The Morgan fingerprint density at radius 3 is 2.89 bits per heavy atom. The van der Waals surface area contributed by atoms with Gasteiger partial charge in [0.15, 0.2) is 5.65 Å². The molecule has 0 bridgehead atoms. The van der Waals surface area contributed by atoms with E-state index in [1.807, 2.05) is 12.3 Å². The Morgan fingerprint density at radius 2 is 2.22 bits per heavy atom. The van der Waals surface area contributed by atoms with Crippen LogP contribution in [0.25, 0.3) is 11.2 Å². The van der Waals surface area contributed by atoms with Crippen molar-refractivity contribution in [3.05, 3.63) is 23.7 Å². The van der Waals surface area contributed by atoms with E-state index in [-0.39, 0.29) is 0 Å². The summed E-state index contributed by atoms with van der Waals surface area (Å²) in [5, 5.41) is 0. The van der Waals surface area contributed by atoms with E-state index in [0.29, 0.717) is 5.92 Å². The summed E-state index contributed by atoms with van der Waals surface area (Å²) < 4.78 is 0. The summed E-state index contributed by atoms with van der Waals surface area (Å²) in [6.07, 6.45) is 6.23. The number of aromatic amines is 1. The molecule has 2 aromatic rings. The van der Waals surface area contributed by atoms with Crippen LogP contribution < -0.4 is 5.73 Å². The van der Waals surface area contributed by atoms with Crippen molar-refractivity contribution in [1.29, 1.82) is 0 Å². The van der Waals surface area contributed by atoms with Crippen LogP contribution >= 0.6 is 0 Å². The van der Waals surface area contributed by atoms with Crippen molar-refractivity contribution in [2.45, 2.75) is 39.5 Å². The molecule has 1 atom stereocenters. The molecule has 2 rings (SSSR count). The van der Waals surface area contributed by atoms with E-state index in [1.165, 1.54) is 12.0 Å². The number of rotatable bonds is 6. The number of fused-ring (bicyclic) bond motifs is 1. The third kappa shape index (κ3) is 2.88. The molecule has 0 spiro atoms. The van der Waals surface area contributed by atoms with Gasteiger partial charge >= 0.3 is 0 Å². The molecule has 18 heavy (non-hydrogen) atoms. The summed E-state index contributed by atoms with van der Waals surface area (Å²) in [6.45, 7) is 5.08. The maximum Gasteiger partial charge on any atom is 0.177 e. The highest BCUT2D eigenvalue weighted by Crippen LogP contribution is 2.17. The first-order valence-corrected chi connectivity index (χ1v) is 6.74. The normalized spacial score (nSPS) is 13.1.